The van der Waals surface area contributed by atoms with Gasteiger partial charge in [0.05, 0.1) is 10.9 Å². The number of aromatic nitrogens is 2. The van der Waals surface area contributed by atoms with Crippen molar-refractivity contribution >= 4 is 29.0 Å². The Morgan fingerprint density at radius 2 is 2.04 bits per heavy atom. The molecule has 0 spiro atoms. The average Bonchev–Trinajstić information content (AvgIpc) is 2.69. The fraction of sp³-hybridized carbons (Fsp3) is 0.227. The lowest BCUT2D eigenvalue weighted by Crippen LogP contribution is -2.30. The fourth-order valence-corrected chi connectivity index (χ4v) is 3.45. The molecule has 0 bridgehead atoms. The third-order valence-electron chi connectivity index (χ3n) is 4.83. The fourth-order valence-electron chi connectivity index (χ4n) is 3.19. The molecule has 0 unspecified atom stereocenters. The van der Waals surface area contributed by atoms with E-state index in [4.69, 9.17) is 12.2 Å². The zero-order chi connectivity index (χ0) is 20.3. The molecule has 1 amide bonds. The van der Waals surface area contributed by atoms with Crippen LogP contribution in [-0.2, 0) is 13.1 Å². The van der Waals surface area contributed by atoms with Gasteiger partial charge in [-0.05, 0) is 55.4 Å². The van der Waals surface area contributed by atoms with E-state index in [0.717, 1.165) is 11.1 Å². The Morgan fingerprint density at radius 3 is 2.71 bits per heavy atom. The number of hydrogen-bond donors (Lipinski definition) is 1. The monoisotopic (exact) mass is 393 g/mol. The van der Waals surface area contributed by atoms with Crippen LogP contribution in [0.2, 0.25) is 0 Å². The molecule has 1 aromatic heterocycles. The Kier molecular flexibility index (Phi) is 5.90. The second kappa shape index (κ2) is 8.35. The summed E-state index contributed by atoms with van der Waals surface area (Å²) in [5.41, 5.74) is 3.16. The van der Waals surface area contributed by atoms with E-state index in [1.165, 1.54) is 4.57 Å². The number of H-pyrrole nitrogens is 1. The summed E-state index contributed by atoms with van der Waals surface area (Å²) in [6, 6.07) is 13.1. The number of carbonyl (C=O) groups excluding carboxylic acids is 1. The third-order valence-corrected chi connectivity index (χ3v) is 5.15. The zero-order valence-corrected chi connectivity index (χ0v) is 16.9. The number of carbonyl (C=O) groups is 1. The molecule has 28 heavy (non-hydrogen) atoms. The lowest BCUT2D eigenvalue weighted by atomic mass is 10.1. The van der Waals surface area contributed by atoms with Crippen LogP contribution < -0.4 is 5.56 Å². The molecular formula is C22H23N3O2S. The van der Waals surface area contributed by atoms with Crippen LogP contribution in [0.4, 0.5) is 0 Å². The van der Waals surface area contributed by atoms with E-state index in [1.54, 1.807) is 29.2 Å². The molecule has 0 aliphatic carbocycles. The van der Waals surface area contributed by atoms with Crippen LogP contribution in [-0.4, -0.2) is 26.9 Å². The van der Waals surface area contributed by atoms with Gasteiger partial charge in [0, 0.05) is 25.2 Å². The maximum atomic E-state index is 13.1. The van der Waals surface area contributed by atoms with Crippen LogP contribution in [0.1, 0.15) is 28.4 Å². The van der Waals surface area contributed by atoms with Crippen molar-refractivity contribution < 1.29 is 4.79 Å². The number of hydrogen-bond acceptors (Lipinski definition) is 3. The molecule has 1 heterocycles. The standard InChI is InChI=1S/C22H23N3O2S/c1-4-12-25-21(27)18-11-10-16(13-19(18)23-22(25)28)20(26)24(5-2)14-17-9-7-6-8-15(17)3/h4,6-11,13H,1,5,12,14H2,2-3H3,(H,23,28). The van der Waals surface area contributed by atoms with Crippen molar-refractivity contribution in [3.05, 3.63) is 86.9 Å². The van der Waals surface area contributed by atoms with Gasteiger partial charge >= 0.3 is 0 Å². The normalized spacial score (nSPS) is 10.8. The third kappa shape index (κ3) is 3.82. The van der Waals surface area contributed by atoms with Crippen molar-refractivity contribution in [1.82, 2.24) is 14.5 Å². The van der Waals surface area contributed by atoms with E-state index < -0.39 is 0 Å². The number of nitrogens with zero attached hydrogens (tertiary/aromatic N) is 2. The molecule has 2 aromatic carbocycles. The number of allylic oxidation sites excluding steroid dienone is 1. The lowest BCUT2D eigenvalue weighted by Gasteiger charge is -2.22. The number of aryl methyl sites for hydroxylation is 1. The van der Waals surface area contributed by atoms with Crippen molar-refractivity contribution in [3.8, 4) is 0 Å². The molecule has 0 fully saturated rings. The molecule has 0 atom stereocenters. The number of rotatable bonds is 6. The Hall–Kier alpha value is -2.99. The van der Waals surface area contributed by atoms with Crippen molar-refractivity contribution in [3.63, 3.8) is 0 Å². The Bertz CT molecular complexity index is 1160. The molecule has 3 aromatic rings. The quantitative estimate of drug-likeness (QED) is 0.504. The number of amides is 1. The van der Waals surface area contributed by atoms with Crippen LogP contribution in [0.3, 0.4) is 0 Å². The minimum atomic E-state index is -0.190. The van der Waals surface area contributed by atoms with E-state index in [9.17, 15) is 9.59 Å². The summed E-state index contributed by atoms with van der Waals surface area (Å²) in [5, 5.41) is 0.494. The van der Waals surface area contributed by atoms with E-state index in [-0.39, 0.29) is 11.5 Å². The maximum Gasteiger partial charge on any atom is 0.262 e. The first-order chi connectivity index (χ1) is 13.5. The van der Waals surface area contributed by atoms with Gasteiger partial charge in [-0.25, -0.2) is 0 Å². The summed E-state index contributed by atoms with van der Waals surface area (Å²) in [7, 11) is 0. The first-order valence-corrected chi connectivity index (χ1v) is 9.58. The molecular weight excluding hydrogens is 370 g/mol. The summed E-state index contributed by atoms with van der Waals surface area (Å²) in [5.74, 6) is -0.0813. The first kappa shape index (κ1) is 19.8. The highest BCUT2D eigenvalue weighted by molar-refractivity contribution is 7.71. The van der Waals surface area contributed by atoms with Crippen molar-refractivity contribution in [1.29, 1.82) is 0 Å². The van der Waals surface area contributed by atoms with Gasteiger partial charge in [-0.2, -0.15) is 0 Å². The largest absolute Gasteiger partial charge is 0.335 e. The van der Waals surface area contributed by atoms with Crippen molar-refractivity contribution in [2.75, 3.05) is 6.54 Å². The summed E-state index contributed by atoms with van der Waals surface area (Å²) >= 11 is 5.28. The van der Waals surface area contributed by atoms with Gasteiger partial charge in [0.2, 0.25) is 0 Å². The molecule has 5 nitrogen and oxygen atoms in total. The molecule has 3 rings (SSSR count). The van der Waals surface area contributed by atoms with E-state index in [2.05, 4.69) is 11.6 Å². The van der Waals surface area contributed by atoms with Crippen LogP contribution in [0.5, 0.6) is 0 Å². The van der Waals surface area contributed by atoms with Crippen molar-refractivity contribution in [2.24, 2.45) is 0 Å². The molecule has 0 aliphatic heterocycles. The predicted molar refractivity (Wildman–Crippen MR) is 115 cm³/mol. The van der Waals surface area contributed by atoms with Crippen LogP contribution in [0, 0.1) is 11.7 Å². The molecule has 144 valence electrons. The Balaban J connectivity index is 1.98. The highest BCUT2D eigenvalue weighted by Gasteiger charge is 2.17. The first-order valence-electron chi connectivity index (χ1n) is 9.17. The lowest BCUT2D eigenvalue weighted by molar-refractivity contribution is 0.0752. The van der Waals surface area contributed by atoms with Crippen LogP contribution in [0.15, 0.2) is 59.9 Å². The Morgan fingerprint density at radius 1 is 1.29 bits per heavy atom. The van der Waals surface area contributed by atoms with Gasteiger partial charge in [-0.1, -0.05) is 30.3 Å². The number of nitrogens with one attached hydrogen (secondary N) is 1. The number of fused-ring (bicyclic) bond motifs is 1. The van der Waals surface area contributed by atoms with E-state index >= 15 is 0 Å². The van der Waals surface area contributed by atoms with Crippen molar-refractivity contribution in [2.45, 2.75) is 26.9 Å². The second-order valence-electron chi connectivity index (χ2n) is 6.64. The summed E-state index contributed by atoms with van der Waals surface area (Å²) < 4.78 is 1.76. The second-order valence-corrected chi connectivity index (χ2v) is 7.03. The maximum absolute atomic E-state index is 13.1. The summed E-state index contributed by atoms with van der Waals surface area (Å²) in [6.45, 7) is 9.11. The summed E-state index contributed by atoms with van der Waals surface area (Å²) in [4.78, 5) is 30.5. The zero-order valence-electron chi connectivity index (χ0n) is 16.1. The molecule has 0 saturated heterocycles. The topological polar surface area (TPSA) is 58.1 Å². The van der Waals surface area contributed by atoms with Gasteiger partial charge in [-0.15, -0.1) is 6.58 Å². The van der Waals surface area contributed by atoms with Crippen LogP contribution >= 0.6 is 12.2 Å². The predicted octanol–water partition coefficient (Wildman–Crippen LogP) is 4.22. The SMILES string of the molecule is C=CCn1c(=S)[nH]c2cc(C(=O)N(CC)Cc3ccccc3C)ccc2c1=O. The van der Waals surface area contributed by atoms with Gasteiger partial charge in [0.15, 0.2) is 4.77 Å². The molecule has 0 aliphatic rings. The van der Waals surface area contributed by atoms with Crippen LogP contribution in [0.25, 0.3) is 10.9 Å². The van der Waals surface area contributed by atoms with Gasteiger partial charge in [0.25, 0.3) is 11.5 Å². The minimum absolute atomic E-state index is 0.0813. The van der Waals surface area contributed by atoms with Gasteiger partial charge in [-0.3, -0.25) is 14.2 Å². The highest BCUT2D eigenvalue weighted by Crippen LogP contribution is 2.16. The smallest absolute Gasteiger partial charge is 0.262 e. The molecule has 1 N–H and O–H groups in total. The van der Waals surface area contributed by atoms with E-state index in [1.807, 2.05) is 38.1 Å². The Labute approximate surface area is 168 Å². The number of aromatic amines is 1. The highest BCUT2D eigenvalue weighted by atomic mass is 32.1. The van der Waals surface area contributed by atoms with Gasteiger partial charge < -0.3 is 9.88 Å². The van der Waals surface area contributed by atoms with E-state index in [0.29, 0.717) is 40.9 Å². The average molecular weight is 394 g/mol. The minimum Gasteiger partial charge on any atom is -0.335 e. The molecule has 0 saturated carbocycles. The molecule has 6 heteroatoms. The number of benzene rings is 2. The molecule has 0 radical (unpaired) electrons. The summed E-state index contributed by atoms with van der Waals surface area (Å²) in [6.07, 6.45) is 1.62. The van der Waals surface area contributed by atoms with Gasteiger partial charge in [0.1, 0.15) is 0 Å².